The number of rotatable bonds is 5. The van der Waals surface area contributed by atoms with E-state index < -0.39 is 0 Å². The van der Waals surface area contributed by atoms with E-state index in [4.69, 9.17) is 5.11 Å². The molecular weight excluding hydrogens is 315 g/mol. The maximum Gasteiger partial charge on any atom is 0.146 e. The zero-order chi connectivity index (χ0) is 13.7. The number of aliphatic hydroxyl groups is 1. The molecule has 1 heterocycles. The average molecular weight is 327 g/mol. The van der Waals surface area contributed by atoms with Crippen molar-refractivity contribution in [3.63, 3.8) is 0 Å². The third-order valence-corrected chi connectivity index (χ3v) is 2.77. The summed E-state index contributed by atoms with van der Waals surface area (Å²) in [6.45, 7) is 0.398. The van der Waals surface area contributed by atoms with E-state index in [0.29, 0.717) is 23.9 Å². The number of nitrogens with one attached hydrogen (secondary N) is 2. The number of nitrogens with zero attached hydrogens (tertiary/aromatic N) is 2. The number of hydrogen-bond donors (Lipinski definition) is 3. The quantitative estimate of drug-likeness (QED) is 0.787. The lowest BCUT2D eigenvalue weighted by molar-refractivity contribution is 0.311. The molecule has 0 spiro atoms. The lowest BCUT2D eigenvalue weighted by atomic mass is 10.3. The highest BCUT2D eigenvalue weighted by atomic mass is 79.9. The molecule has 2 rings (SSSR count). The van der Waals surface area contributed by atoms with Gasteiger partial charge in [0.25, 0.3) is 0 Å². The predicted octanol–water partition coefficient (Wildman–Crippen LogP) is 2.53. The smallest absolute Gasteiger partial charge is 0.146 e. The van der Waals surface area contributed by atoms with Gasteiger partial charge in [-0.15, -0.1) is 0 Å². The fraction of sp³-hybridized carbons (Fsp3) is 0.167. The van der Waals surface area contributed by atoms with Gasteiger partial charge in [-0.2, -0.15) is 0 Å². The monoisotopic (exact) mass is 326 g/mol. The maximum absolute atomic E-state index is 13.6. The molecule has 19 heavy (non-hydrogen) atoms. The van der Waals surface area contributed by atoms with Crippen LogP contribution in [0.2, 0.25) is 0 Å². The molecule has 0 radical (unpaired) electrons. The normalized spacial score (nSPS) is 10.3. The van der Waals surface area contributed by atoms with Crippen LogP contribution < -0.4 is 10.6 Å². The first-order chi connectivity index (χ1) is 9.19. The van der Waals surface area contributed by atoms with Gasteiger partial charge in [0.1, 0.15) is 23.8 Å². The van der Waals surface area contributed by atoms with Crippen molar-refractivity contribution >= 4 is 33.3 Å². The Morgan fingerprint density at radius 3 is 2.79 bits per heavy atom. The highest BCUT2D eigenvalue weighted by Crippen LogP contribution is 2.23. The summed E-state index contributed by atoms with van der Waals surface area (Å²) in [4.78, 5) is 7.99. The van der Waals surface area contributed by atoms with Crippen LogP contribution in [0.5, 0.6) is 0 Å². The summed E-state index contributed by atoms with van der Waals surface area (Å²) in [5.74, 6) is 0.654. The Morgan fingerprint density at radius 1 is 1.21 bits per heavy atom. The van der Waals surface area contributed by atoms with E-state index in [0.717, 1.165) is 4.47 Å². The molecule has 3 N–H and O–H groups in total. The molecule has 1 aromatic carbocycles. The Labute approximate surface area is 118 Å². The SMILES string of the molecule is OCCNc1cc(Nc2cc(Br)ccc2F)ncn1. The van der Waals surface area contributed by atoms with Gasteiger partial charge in [-0.25, -0.2) is 14.4 Å². The Balaban J connectivity index is 2.16. The Morgan fingerprint density at radius 2 is 2.00 bits per heavy atom. The molecule has 0 aliphatic carbocycles. The van der Waals surface area contributed by atoms with Crippen LogP contribution in [0, 0.1) is 5.82 Å². The highest BCUT2D eigenvalue weighted by Gasteiger charge is 2.05. The van der Waals surface area contributed by atoms with Crippen LogP contribution in [-0.2, 0) is 0 Å². The van der Waals surface area contributed by atoms with Gasteiger partial charge in [0, 0.05) is 17.1 Å². The van der Waals surface area contributed by atoms with E-state index in [1.807, 2.05) is 0 Å². The largest absolute Gasteiger partial charge is 0.395 e. The number of halogens is 2. The summed E-state index contributed by atoms with van der Waals surface area (Å²) in [6.07, 6.45) is 1.36. The van der Waals surface area contributed by atoms with Gasteiger partial charge < -0.3 is 15.7 Å². The average Bonchev–Trinajstić information content (AvgIpc) is 2.41. The summed E-state index contributed by atoms with van der Waals surface area (Å²) >= 11 is 3.28. The fourth-order valence-corrected chi connectivity index (χ4v) is 1.80. The molecule has 1 aromatic heterocycles. The summed E-state index contributed by atoms with van der Waals surface area (Å²) in [6, 6.07) is 6.24. The minimum Gasteiger partial charge on any atom is -0.395 e. The molecule has 0 unspecified atom stereocenters. The Kier molecular flexibility index (Phi) is 4.64. The van der Waals surface area contributed by atoms with Gasteiger partial charge in [0.05, 0.1) is 12.3 Å². The van der Waals surface area contributed by atoms with E-state index in [1.54, 1.807) is 18.2 Å². The molecule has 0 saturated heterocycles. The van der Waals surface area contributed by atoms with Crippen LogP contribution in [0.1, 0.15) is 0 Å². The van der Waals surface area contributed by atoms with Crippen molar-refractivity contribution in [2.75, 3.05) is 23.8 Å². The van der Waals surface area contributed by atoms with E-state index >= 15 is 0 Å². The van der Waals surface area contributed by atoms with Crippen molar-refractivity contribution in [3.05, 3.63) is 40.9 Å². The predicted molar refractivity (Wildman–Crippen MR) is 75.0 cm³/mol. The van der Waals surface area contributed by atoms with Crippen LogP contribution in [0.3, 0.4) is 0 Å². The van der Waals surface area contributed by atoms with Crippen molar-refractivity contribution in [1.29, 1.82) is 0 Å². The van der Waals surface area contributed by atoms with E-state index in [2.05, 4.69) is 36.5 Å². The van der Waals surface area contributed by atoms with Crippen LogP contribution in [0.25, 0.3) is 0 Å². The molecule has 0 bridgehead atoms. The number of aliphatic hydroxyl groups excluding tert-OH is 1. The van der Waals surface area contributed by atoms with Crippen molar-refractivity contribution in [2.45, 2.75) is 0 Å². The van der Waals surface area contributed by atoms with E-state index in [9.17, 15) is 4.39 Å². The van der Waals surface area contributed by atoms with Crippen LogP contribution in [0.4, 0.5) is 21.7 Å². The van der Waals surface area contributed by atoms with Gasteiger partial charge in [0.15, 0.2) is 0 Å². The summed E-state index contributed by atoms with van der Waals surface area (Å²) in [5.41, 5.74) is 0.321. The molecule has 0 saturated carbocycles. The minimum atomic E-state index is -0.369. The highest BCUT2D eigenvalue weighted by molar-refractivity contribution is 9.10. The fourth-order valence-electron chi connectivity index (χ4n) is 1.44. The summed E-state index contributed by atoms with van der Waals surface area (Å²) in [7, 11) is 0. The van der Waals surface area contributed by atoms with Gasteiger partial charge in [0.2, 0.25) is 0 Å². The third kappa shape index (κ3) is 3.87. The lowest BCUT2D eigenvalue weighted by Crippen LogP contribution is -2.07. The van der Waals surface area contributed by atoms with E-state index in [-0.39, 0.29) is 12.4 Å². The zero-order valence-corrected chi connectivity index (χ0v) is 11.5. The topological polar surface area (TPSA) is 70.1 Å². The third-order valence-electron chi connectivity index (χ3n) is 2.28. The second kappa shape index (κ2) is 6.44. The van der Waals surface area contributed by atoms with Gasteiger partial charge in [-0.3, -0.25) is 0 Å². The van der Waals surface area contributed by atoms with Crippen molar-refractivity contribution in [3.8, 4) is 0 Å². The molecule has 0 amide bonds. The van der Waals surface area contributed by atoms with Crippen LogP contribution >= 0.6 is 15.9 Å². The van der Waals surface area contributed by atoms with Crippen molar-refractivity contribution < 1.29 is 9.50 Å². The molecule has 0 atom stereocenters. The van der Waals surface area contributed by atoms with Crippen LogP contribution in [0.15, 0.2) is 35.1 Å². The number of hydrogen-bond acceptors (Lipinski definition) is 5. The minimum absolute atomic E-state index is 0.00697. The van der Waals surface area contributed by atoms with E-state index in [1.165, 1.54) is 12.4 Å². The van der Waals surface area contributed by atoms with Crippen molar-refractivity contribution in [2.24, 2.45) is 0 Å². The maximum atomic E-state index is 13.6. The molecular formula is C12H12BrFN4O. The van der Waals surface area contributed by atoms with Crippen LogP contribution in [-0.4, -0.2) is 28.2 Å². The van der Waals surface area contributed by atoms with Gasteiger partial charge >= 0.3 is 0 Å². The first-order valence-corrected chi connectivity index (χ1v) is 6.37. The van der Waals surface area contributed by atoms with Gasteiger partial charge in [-0.05, 0) is 18.2 Å². The number of aromatic nitrogens is 2. The molecule has 0 fully saturated rings. The summed E-state index contributed by atoms with van der Waals surface area (Å²) in [5, 5.41) is 14.5. The van der Waals surface area contributed by atoms with Crippen molar-refractivity contribution in [1.82, 2.24) is 9.97 Å². The second-order valence-electron chi connectivity index (χ2n) is 3.69. The van der Waals surface area contributed by atoms with Gasteiger partial charge in [-0.1, -0.05) is 15.9 Å². The standard InChI is InChI=1S/C12H12BrFN4O/c13-8-1-2-9(14)10(5-8)18-12-6-11(15-3-4-19)16-7-17-12/h1-2,5-7,19H,3-4H2,(H2,15,16,17,18). The zero-order valence-electron chi connectivity index (χ0n) is 9.90. The number of anilines is 3. The Hall–Kier alpha value is -1.73. The molecule has 100 valence electrons. The second-order valence-corrected chi connectivity index (χ2v) is 4.60. The first-order valence-electron chi connectivity index (χ1n) is 5.58. The molecule has 7 heteroatoms. The molecule has 5 nitrogen and oxygen atoms in total. The summed E-state index contributed by atoms with van der Waals surface area (Å²) < 4.78 is 14.4. The first kappa shape index (κ1) is 13.7. The molecule has 2 aromatic rings. The Bertz CT molecular complexity index is 567. The number of benzene rings is 1. The molecule has 0 aliphatic rings. The lowest BCUT2D eigenvalue weighted by Gasteiger charge is -2.09. The molecule has 0 aliphatic heterocycles.